The number of aliphatic carboxylic acids is 1. The lowest BCUT2D eigenvalue weighted by molar-refractivity contribution is -0.139. The number of hydrogen-bond acceptors (Lipinski definition) is 3. The van der Waals surface area contributed by atoms with E-state index < -0.39 is 12.1 Å². The summed E-state index contributed by atoms with van der Waals surface area (Å²) in [5.41, 5.74) is 0. The number of ether oxygens (including phenoxy) is 1. The molecule has 0 saturated heterocycles. The molecule has 6 nitrogen and oxygen atoms in total. The van der Waals surface area contributed by atoms with E-state index in [0.29, 0.717) is 12.5 Å². The molecule has 0 aromatic heterocycles. The predicted octanol–water partition coefficient (Wildman–Crippen LogP) is 1.99. The molecule has 0 aliphatic heterocycles. The Morgan fingerprint density at radius 1 is 1.20 bits per heavy atom. The summed E-state index contributed by atoms with van der Waals surface area (Å²) in [6.45, 7) is 5.12. The SMILES string of the molecule is CCCCC(CC)CNC(=O)NCC(CC(=O)O)OC. The molecule has 6 heteroatoms. The first-order valence-electron chi connectivity index (χ1n) is 7.29. The van der Waals surface area contributed by atoms with Gasteiger partial charge in [0.25, 0.3) is 0 Å². The molecule has 0 aromatic rings. The van der Waals surface area contributed by atoms with E-state index in [-0.39, 0.29) is 19.0 Å². The van der Waals surface area contributed by atoms with Gasteiger partial charge in [-0.3, -0.25) is 4.79 Å². The highest BCUT2D eigenvalue weighted by Gasteiger charge is 2.14. The smallest absolute Gasteiger partial charge is 0.314 e. The molecule has 2 amide bonds. The van der Waals surface area contributed by atoms with Crippen molar-refractivity contribution in [1.82, 2.24) is 10.6 Å². The number of carboxylic acids is 1. The first-order valence-corrected chi connectivity index (χ1v) is 7.29. The van der Waals surface area contributed by atoms with Crippen molar-refractivity contribution >= 4 is 12.0 Å². The van der Waals surface area contributed by atoms with Crippen LogP contribution in [-0.4, -0.2) is 43.4 Å². The van der Waals surface area contributed by atoms with Crippen molar-refractivity contribution in [3.05, 3.63) is 0 Å². The number of carbonyl (C=O) groups is 2. The molecule has 0 radical (unpaired) electrons. The van der Waals surface area contributed by atoms with Gasteiger partial charge >= 0.3 is 12.0 Å². The van der Waals surface area contributed by atoms with Crippen LogP contribution < -0.4 is 10.6 Å². The van der Waals surface area contributed by atoms with Gasteiger partial charge in [-0.1, -0.05) is 33.1 Å². The summed E-state index contributed by atoms with van der Waals surface area (Å²) < 4.78 is 4.99. The van der Waals surface area contributed by atoms with Crippen molar-refractivity contribution in [2.75, 3.05) is 20.2 Å². The maximum Gasteiger partial charge on any atom is 0.314 e. The number of amides is 2. The van der Waals surface area contributed by atoms with E-state index in [9.17, 15) is 9.59 Å². The first kappa shape index (κ1) is 18.7. The molecule has 0 spiro atoms. The van der Waals surface area contributed by atoms with Crippen LogP contribution in [0.3, 0.4) is 0 Å². The Balaban J connectivity index is 3.88. The van der Waals surface area contributed by atoms with Crippen LogP contribution in [0.2, 0.25) is 0 Å². The van der Waals surface area contributed by atoms with E-state index >= 15 is 0 Å². The summed E-state index contributed by atoms with van der Waals surface area (Å²) in [5.74, 6) is -0.442. The lowest BCUT2D eigenvalue weighted by atomic mass is 9.99. The van der Waals surface area contributed by atoms with Crippen molar-refractivity contribution in [3.8, 4) is 0 Å². The van der Waals surface area contributed by atoms with Gasteiger partial charge in [0.15, 0.2) is 0 Å². The third-order valence-electron chi connectivity index (χ3n) is 3.32. The number of nitrogens with one attached hydrogen (secondary N) is 2. The molecule has 2 atom stereocenters. The van der Waals surface area contributed by atoms with Crippen LogP contribution in [0.25, 0.3) is 0 Å². The molecular weight excluding hydrogens is 260 g/mol. The molecule has 20 heavy (non-hydrogen) atoms. The maximum atomic E-state index is 11.6. The topological polar surface area (TPSA) is 87.7 Å². The minimum absolute atomic E-state index is 0.120. The monoisotopic (exact) mass is 288 g/mol. The fourth-order valence-corrected chi connectivity index (χ4v) is 1.88. The number of unbranched alkanes of at least 4 members (excludes halogenated alkanes) is 1. The highest BCUT2D eigenvalue weighted by Crippen LogP contribution is 2.10. The van der Waals surface area contributed by atoms with Gasteiger partial charge in [-0.05, 0) is 12.3 Å². The Labute approximate surface area is 121 Å². The molecule has 0 aliphatic carbocycles. The van der Waals surface area contributed by atoms with Crippen molar-refractivity contribution in [2.24, 2.45) is 5.92 Å². The van der Waals surface area contributed by atoms with Gasteiger partial charge in [-0.25, -0.2) is 4.79 Å². The number of urea groups is 1. The van der Waals surface area contributed by atoms with E-state index in [1.165, 1.54) is 13.5 Å². The summed E-state index contributed by atoms with van der Waals surface area (Å²) in [5, 5.41) is 14.1. The summed E-state index contributed by atoms with van der Waals surface area (Å²) >= 11 is 0. The van der Waals surface area contributed by atoms with E-state index in [0.717, 1.165) is 19.3 Å². The Morgan fingerprint density at radius 3 is 2.35 bits per heavy atom. The molecule has 3 N–H and O–H groups in total. The van der Waals surface area contributed by atoms with E-state index in [4.69, 9.17) is 9.84 Å². The molecule has 0 rings (SSSR count). The Morgan fingerprint density at radius 2 is 1.85 bits per heavy atom. The van der Waals surface area contributed by atoms with Gasteiger partial charge in [0.1, 0.15) is 0 Å². The van der Waals surface area contributed by atoms with Crippen LogP contribution in [0.15, 0.2) is 0 Å². The molecule has 2 unspecified atom stereocenters. The minimum Gasteiger partial charge on any atom is -0.481 e. The zero-order valence-corrected chi connectivity index (χ0v) is 12.8. The Hall–Kier alpha value is -1.30. The Kier molecular flexibility index (Phi) is 10.8. The quantitative estimate of drug-likeness (QED) is 0.542. The summed E-state index contributed by atoms with van der Waals surface area (Å²) in [6, 6.07) is -0.271. The van der Waals surface area contributed by atoms with E-state index in [1.54, 1.807) is 0 Å². The van der Waals surface area contributed by atoms with Crippen molar-refractivity contribution in [3.63, 3.8) is 0 Å². The Bertz CT molecular complexity index is 284. The fraction of sp³-hybridized carbons (Fsp3) is 0.857. The van der Waals surface area contributed by atoms with Crippen LogP contribution >= 0.6 is 0 Å². The molecule has 118 valence electrons. The summed E-state index contributed by atoms with van der Waals surface area (Å²) in [6.07, 6.45) is 3.87. The average molecular weight is 288 g/mol. The number of methoxy groups -OCH3 is 1. The average Bonchev–Trinajstić information content (AvgIpc) is 2.43. The second-order valence-corrected chi connectivity index (χ2v) is 4.96. The number of rotatable bonds is 11. The molecular formula is C14H28N2O4. The molecule has 0 bridgehead atoms. The second kappa shape index (κ2) is 11.5. The third kappa shape index (κ3) is 9.61. The zero-order chi connectivity index (χ0) is 15.4. The largest absolute Gasteiger partial charge is 0.481 e. The van der Waals surface area contributed by atoms with Gasteiger partial charge in [0.2, 0.25) is 0 Å². The van der Waals surface area contributed by atoms with Crippen LogP contribution in [-0.2, 0) is 9.53 Å². The molecule has 0 heterocycles. The summed E-state index contributed by atoms with van der Waals surface area (Å²) in [4.78, 5) is 22.2. The number of carbonyl (C=O) groups excluding carboxylic acids is 1. The van der Waals surface area contributed by atoms with E-state index in [1.807, 2.05) is 0 Å². The highest BCUT2D eigenvalue weighted by atomic mass is 16.5. The first-order chi connectivity index (χ1) is 9.53. The second-order valence-electron chi connectivity index (χ2n) is 4.96. The normalized spacial score (nSPS) is 13.6. The lowest BCUT2D eigenvalue weighted by Crippen LogP contribution is -2.42. The van der Waals surface area contributed by atoms with Crippen LogP contribution in [0.4, 0.5) is 4.79 Å². The van der Waals surface area contributed by atoms with Crippen molar-refractivity contribution in [2.45, 2.75) is 52.1 Å². The fourth-order valence-electron chi connectivity index (χ4n) is 1.88. The maximum absolute atomic E-state index is 11.6. The van der Waals surface area contributed by atoms with E-state index in [2.05, 4.69) is 24.5 Å². The molecule has 0 aliphatic rings. The third-order valence-corrected chi connectivity index (χ3v) is 3.32. The standard InChI is InChI=1S/C14H28N2O4/c1-4-6-7-11(5-2)9-15-14(19)16-10-12(20-3)8-13(17)18/h11-12H,4-10H2,1-3H3,(H,17,18)(H2,15,16,19). The lowest BCUT2D eigenvalue weighted by Gasteiger charge is -2.17. The van der Waals surface area contributed by atoms with Crippen LogP contribution in [0.1, 0.15) is 46.0 Å². The van der Waals surface area contributed by atoms with Gasteiger partial charge in [-0.15, -0.1) is 0 Å². The van der Waals surface area contributed by atoms with Gasteiger partial charge in [0.05, 0.1) is 12.5 Å². The van der Waals surface area contributed by atoms with Crippen molar-refractivity contribution in [1.29, 1.82) is 0 Å². The van der Waals surface area contributed by atoms with Gasteiger partial charge in [0, 0.05) is 20.2 Å². The van der Waals surface area contributed by atoms with Crippen LogP contribution in [0.5, 0.6) is 0 Å². The van der Waals surface area contributed by atoms with Gasteiger partial charge < -0.3 is 20.5 Å². The molecule has 0 saturated carbocycles. The molecule has 0 fully saturated rings. The summed E-state index contributed by atoms with van der Waals surface area (Å²) in [7, 11) is 1.44. The number of carboxylic acid groups (broad SMARTS) is 1. The molecule has 0 aromatic carbocycles. The highest BCUT2D eigenvalue weighted by molar-refractivity contribution is 5.74. The van der Waals surface area contributed by atoms with Crippen LogP contribution in [0, 0.1) is 5.92 Å². The minimum atomic E-state index is -0.940. The van der Waals surface area contributed by atoms with Crippen molar-refractivity contribution < 1.29 is 19.4 Å². The predicted molar refractivity (Wildman–Crippen MR) is 77.8 cm³/mol. The van der Waals surface area contributed by atoms with Gasteiger partial charge in [-0.2, -0.15) is 0 Å². The zero-order valence-electron chi connectivity index (χ0n) is 12.8. The number of hydrogen-bond donors (Lipinski definition) is 3.